The van der Waals surface area contributed by atoms with Gasteiger partial charge in [-0.05, 0) is 31.7 Å². The summed E-state index contributed by atoms with van der Waals surface area (Å²) in [6.07, 6.45) is 5.29. The molecule has 0 saturated heterocycles. The van der Waals surface area contributed by atoms with E-state index in [1.807, 2.05) is 24.8 Å². The van der Waals surface area contributed by atoms with Gasteiger partial charge in [0.05, 0.1) is 6.61 Å². The van der Waals surface area contributed by atoms with E-state index < -0.39 is 0 Å². The number of thioether (sulfide) groups is 1. The molecule has 1 atom stereocenters. The van der Waals surface area contributed by atoms with Gasteiger partial charge in [0.1, 0.15) is 0 Å². The zero-order valence-electron chi connectivity index (χ0n) is 11.3. The molecule has 0 radical (unpaired) electrons. The molecule has 102 valence electrons. The summed E-state index contributed by atoms with van der Waals surface area (Å²) < 4.78 is 5.14. The third-order valence-corrected chi connectivity index (χ3v) is 4.58. The van der Waals surface area contributed by atoms with Crippen molar-refractivity contribution < 1.29 is 9.53 Å². The molecule has 3 heteroatoms. The van der Waals surface area contributed by atoms with Crippen molar-refractivity contribution in [2.24, 2.45) is 0 Å². The number of carbonyl (C=O) groups excluding carboxylic acids is 1. The highest BCUT2D eigenvalue weighted by Crippen LogP contribution is 2.32. The Labute approximate surface area is 119 Å². The fourth-order valence-electron chi connectivity index (χ4n) is 2.22. The third kappa shape index (κ3) is 4.13. The van der Waals surface area contributed by atoms with Crippen LogP contribution in [0.2, 0.25) is 0 Å². The molecule has 0 amide bonds. The highest BCUT2D eigenvalue weighted by molar-refractivity contribution is 7.99. The quantitative estimate of drug-likeness (QED) is 0.761. The Morgan fingerprint density at radius 2 is 2.16 bits per heavy atom. The molecular weight excluding hydrogens is 256 g/mol. The van der Waals surface area contributed by atoms with Crippen molar-refractivity contribution in [3.05, 3.63) is 47.5 Å². The molecule has 1 aromatic rings. The van der Waals surface area contributed by atoms with Crippen molar-refractivity contribution >= 4 is 17.7 Å². The predicted octanol–water partition coefficient (Wildman–Crippen LogP) is 3.96. The zero-order chi connectivity index (χ0) is 13.5. The molecule has 0 fully saturated rings. The topological polar surface area (TPSA) is 26.3 Å². The highest BCUT2D eigenvalue weighted by atomic mass is 32.2. The molecule has 0 unspecified atom stereocenters. The minimum Gasteiger partial charge on any atom is -0.463 e. The average Bonchev–Trinajstić information content (AvgIpc) is 2.47. The van der Waals surface area contributed by atoms with E-state index in [1.54, 1.807) is 0 Å². The molecule has 2 rings (SSSR count). The predicted molar refractivity (Wildman–Crippen MR) is 80.1 cm³/mol. The van der Waals surface area contributed by atoms with Gasteiger partial charge in [-0.3, -0.25) is 0 Å². The van der Waals surface area contributed by atoms with Crippen molar-refractivity contribution in [1.82, 2.24) is 0 Å². The van der Waals surface area contributed by atoms with Crippen LogP contribution in [0, 0.1) is 0 Å². The van der Waals surface area contributed by atoms with E-state index >= 15 is 0 Å². The standard InChI is InChI=1S/C16H20O2S/c1-2-18-16(17)14-10-6-7-11-15(14)19-12-13-8-4-3-5-9-13/h3-5,8-10,15H,2,6-7,11-12H2,1H3/t15-/m1/s1. The summed E-state index contributed by atoms with van der Waals surface area (Å²) in [7, 11) is 0. The van der Waals surface area contributed by atoms with Crippen LogP contribution in [-0.2, 0) is 15.3 Å². The van der Waals surface area contributed by atoms with E-state index in [0.717, 1.165) is 30.6 Å². The fraction of sp³-hybridized carbons (Fsp3) is 0.438. The number of hydrogen-bond acceptors (Lipinski definition) is 3. The van der Waals surface area contributed by atoms with Crippen molar-refractivity contribution in [3.8, 4) is 0 Å². The van der Waals surface area contributed by atoms with Crippen LogP contribution in [0.15, 0.2) is 42.0 Å². The first-order valence-corrected chi connectivity index (χ1v) is 7.89. The Hall–Kier alpha value is -1.22. The summed E-state index contributed by atoms with van der Waals surface area (Å²) in [5.41, 5.74) is 2.18. The average molecular weight is 276 g/mol. The lowest BCUT2D eigenvalue weighted by atomic mass is 9.99. The van der Waals surface area contributed by atoms with Crippen LogP contribution in [0.1, 0.15) is 31.7 Å². The number of ether oxygens (including phenoxy) is 1. The van der Waals surface area contributed by atoms with E-state index in [9.17, 15) is 4.79 Å². The van der Waals surface area contributed by atoms with Gasteiger partial charge in [-0.1, -0.05) is 36.4 Å². The number of benzene rings is 1. The fourth-order valence-corrected chi connectivity index (χ4v) is 3.51. The van der Waals surface area contributed by atoms with Gasteiger partial charge in [-0.25, -0.2) is 4.79 Å². The maximum atomic E-state index is 11.9. The van der Waals surface area contributed by atoms with Gasteiger partial charge in [0.2, 0.25) is 0 Å². The molecule has 1 aromatic carbocycles. The summed E-state index contributed by atoms with van der Waals surface area (Å²) in [6, 6.07) is 10.4. The Morgan fingerprint density at radius 3 is 2.89 bits per heavy atom. The van der Waals surface area contributed by atoms with Crippen LogP contribution in [0.3, 0.4) is 0 Å². The van der Waals surface area contributed by atoms with E-state index in [1.165, 1.54) is 5.56 Å². The second-order valence-corrected chi connectivity index (χ2v) is 5.79. The van der Waals surface area contributed by atoms with Crippen molar-refractivity contribution in [2.45, 2.75) is 37.2 Å². The molecule has 19 heavy (non-hydrogen) atoms. The van der Waals surface area contributed by atoms with E-state index in [4.69, 9.17) is 4.74 Å². The molecule has 0 saturated carbocycles. The summed E-state index contributed by atoms with van der Waals surface area (Å²) in [5.74, 6) is 0.815. The molecular formula is C16H20O2S. The Bertz CT molecular complexity index is 439. The first-order chi connectivity index (χ1) is 9.31. The van der Waals surface area contributed by atoms with Crippen molar-refractivity contribution in [3.63, 3.8) is 0 Å². The maximum Gasteiger partial charge on any atom is 0.334 e. The van der Waals surface area contributed by atoms with Gasteiger partial charge in [0, 0.05) is 16.6 Å². The van der Waals surface area contributed by atoms with E-state index in [0.29, 0.717) is 6.61 Å². The third-order valence-electron chi connectivity index (χ3n) is 3.19. The Balaban J connectivity index is 1.96. The minimum absolute atomic E-state index is 0.132. The lowest BCUT2D eigenvalue weighted by molar-refractivity contribution is -0.138. The van der Waals surface area contributed by atoms with Crippen LogP contribution in [0.25, 0.3) is 0 Å². The molecule has 1 aliphatic rings. The molecule has 0 N–H and O–H groups in total. The van der Waals surface area contributed by atoms with Gasteiger partial charge in [0.15, 0.2) is 0 Å². The first-order valence-electron chi connectivity index (χ1n) is 6.84. The summed E-state index contributed by atoms with van der Waals surface area (Å²) in [4.78, 5) is 11.9. The Morgan fingerprint density at radius 1 is 1.37 bits per heavy atom. The molecule has 0 bridgehead atoms. The van der Waals surface area contributed by atoms with E-state index in [-0.39, 0.29) is 11.2 Å². The van der Waals surface area contributed by atoms with E-state index in [2.05, 4.69) is 30.3 Å². The van der Waals surface area contributed by atoms with Gasteiger partial charge < -0.3 is 4.74 Å². The monoisotopic (exact) mass is 276 g/mol. The lowest BCUT2D eigenvalue weighted by Gasteiger charge is -2.22. The molecule has 2 nitrogen and oxygen atoms in total. The number of esters is 1. The smallest absolute Gasteiger partial charge is 0.334 e. The molecule has 0 aliphatic heterocycles. The highest BCUT2D eigenvalue weighted by Gasteiger charge is 2.24. The molecule has 0 spiro atoms. The molecule has 0 aromatic heterocycles. The summed E-state index contributed by atoms with van der Waals surface area (Å²) in [5, 5.41) is 0.285. The first kappa shape index (κ1) is 14.2. The largest absolute Gasteiger partial charge is 0.463 e. The molecule has 0 heterocycles. The van der Waals surface area contributed by atoms with Crippen LogP contribution in [0.4, 0.5) is 0 Å². The van der Waals surface area contributed by atoms with Gasteiger partial charge in [0.25, 0.3) is 0 Å². The van der Waals surface area contributed by atoms with Crippen LogP contribution in [-0.4, -0.2) is 17.8 Å². The number of carbonyl (C=O) groups is 1. The van der Waals surface area contributed by atoms with Gasteiger partial charge >= 0.3 is 5.97 Å². The summed E-state index contributed by atoms with van der Waals surface area (Å²) >= 11 is 1.84. The van der Waals surface area contributed by atoms with Gasteiger partial charge in [-0.15, -0.1) is 11.8 Å². The van der Waals surface area contributed by atoms with Crippen LogP contribution >= 0.6 is 11.8 Å². The van der Waals surface area contributed by atoms with Crippen molar-refractivity contribution in [2.75, 3.05) is 6.61 Å². The summed E-state index contributed by atoms with van der Waals surface area (Å²) in [6.45, 7) is 2.31. The van der Waals surface area contributed by atoms with Crippen LogP contribution in [0.5, 0.6) is 0 Å². The lowest BCUT2D eigenvalue weighted by Crippen LogP contribution is -2.20. The Kier molecular flexibility index (Phi) is 5.52. The minimum atomic E-state index is -0.132. The van der Waals surface area contributed by atoms with Crippen LogP contribution < -0.4 is 0 Å². The number of rotatable bonds is 5. The SMILES string of the molecule is CCOC(=O)C1=CCCC[C@H]1SCc1ccccc1. The van der Waals surface area contributed by atoms with Gasteiger partial charge in [-0.2, -0.15) is 0 Å². The maximum absolute atomic E-state index is 11.9. The molecule has 1 aliphatic carbocycles. The second-order valence-electron chi connectivity index (χ2n) is 4.60. The van der Waals surface area contributed by atoms with Crippen molar-refractivity contribution in [1.29, 1.82) is 0 Å². The zero-order valence-corrected chi connectivity index (χ0v) is 12.1. The second kappa shape index (κ2) is 7.39. The number of allylic oxidation sites excluding steroid dienone is 1. The normalized spacial score (nSPS) is 18.8. The number of hydrogen-bond donors (Lipinski definition) is 0.